The van der Waals surface area contributed by atoms with E-state index in [1.165, 1.54) is 12.8 Å². The minimum absolute atomic E-state index is 0.0478. The Morgan fingerprint density at radius 2 is 2.12 bits per heavy atom. The standard InChI is InChI=1S/C20H24ClN3O2/c21-15-5-6-18-17(10-15)13(11-22-18)7-8-24-12-14(9-19(24)25)20(26)23-16-3-1-2-4-16/h5-6,10-11,14,16,22H,1-4,7-9,12H2,(H,23,26)/t14-/m0/s1. The lowest BCUT2D eigenvalue weighted by Gasteiger charge is -2.18. The predicted octanol–water partition coefficient (Wildman–Crippen LogP) is 3.27. The van der Waals surface area contributed by atoms with Gasteiger partial charge in [0.25, 0.3) is 0 Å². The lowest BCUT2D eigenvalue weighted by Crippen LogP contribution is -2.38. The lowest BCUT2D eigenvalue weighted by molar-refractivity contribution is -0.129. The van der Waals surface area contributed by atoms with Crippen molar-refractivity contribution in [1.82, 2.24) is 15.2 Å². The number of carbonyl (C=O) groups is 2. The molecule has 2 N–H and O–H groups in total. The number of hydrogen-bond acceptors (Lipinski definition) is 2. The van der Waals surface area contributed by atoms with Gasteiger partial charge in [-0.05, 0) is 43.0 Å². The molecular formula is C20H24ClN3O2. The van der Waals surface area contributed by atoms with Gasteiger partial charge in [-0.15, -0.1) is 0 Å². The highest BCUT2D eigenvalue weighted by atomic mass is 35.5. The number of rotatable bonds is 5. The first-order valence-electron chi connectivity index (χ1n) is 9.44. The largest absolute Gasteiger partial charge is 0.361 e. The van der Waals surface area contributed by atoms with Crippen LogP contribution in [0, 0.1) is 5.92 Å². The van der Waals surface area contributed by atoms with Crippen LogP contribution in [0.4, 0.5) is 0 Å². The van der Waals surface area contributed by atoms with Crippen LogP contribution in [0.5, 0.6) is 0 Å². The summed E-state index contributed by atoms with van der Waals surface area (Å²) < 4.78 is 0. The van der Waals surface area contributed by atoms with E-state index in [0.29, 0.717) is 30.6 Å². The van der Waals surface area contributed by atoms with E-state index in [4.69, 9.17) is 11.6 Å². The van der Waals surface area contributed by atoms with E-state index in [-0.39, 0.29) is 17.7 Å². The van der Waals surface area contributed by atoms with Gasteiger partial charge in [0.1, 0.15) is 0 Å². The summed E-state index contributed by atoms with van der Waals surface area (Å²) in [7, 11) is 0. The highest BCUT2D eigenvalue weighted by molar-refractivity contribution is 6.31. The Bertz CT molecular complexity index is 826. The van der Waals surface area contributed by atoms with E-state index >= 15 is 0 Å². The molecule has 138 valence electrons. The Balaban J connectivity index is 1.35. The monoisotopic (exact) mass is 373 g/mol. The van der Waals surface area contributed by atoms with E-state index in [1.54, 1.807) is 0 Å². The summed E-state index contributed by atoms with van der Waals surface area (Å²) in [5, 5.41) is 4.93. The van der Waals surface area contributed by atoms with Crippen molar-refractivity contribution in [2.75, 3.05) is 13.1 Å². The number of hydrogen-bond donors (Lipinski definition) is 2. The second-order valence-corrected chi connectivity index (χ2v) is 7.92. The number of halogens is 1. The third-order valence-corrected chi connectivity index (χ3v) is 5.90. The number of benzene rings is 1. The summed E-state index contributed by atoms with van der Waals surface area (Å²) in [4.78, 5) is 29.8. The number of aromatic nitrogens is 1. The fourth-order valence-corrected chi connectivity index (χ4v) is 4.34. The van der Waals surface area contributed by atoms with Crippen molar-refractivity contribution in [3.05, 3.63) is 35.0 Å². The first kappa shape index (κ1) is 17.4. The number of aromatic amines is 1. The van der Waals surface area contributed by atoms with Crippen LogP contribution in [-0.4, -0.2) is 40.8 Å². The van der Waals surface area contributed by atoms with Crippen LogP contribution in [0.1, 0.15) is 37.7 Å². The molecule has 0 bridgehead atoms. The van der Waals surface area contributed by atoms with Gasteiger partial charge in [-0.3, -0.25) is 9.59 Å². The number of fused-ring (bicyclic) bond motifs is 1. The van der Waals surface area contributed by atoms with E-state index in [0.717, 1.165) is 35.7 Å². The van der Waals surface area contributed by atoms with Crippen LogP contribution >= 0.6 is 11.6 Å². The van der Waals surface area contributed by atoms with Gasteiger partial charge in [0.15, 0.2) is 0 Å². The van der Waals surface area contributed by atoms with Gasteiger partial charge in [0.05, 0.1) is 5.92 Å². The molecule has 0 unspecified atom stereocenters. The van der Waals surface area contributed by atoms with Crippen LogP contribution in [0.3, 0.4) is 0 Å². The molecule has 4 rings (SSSR count). The van der Waals surface area contributed by atoms with Crippen LogP contribution in [0.25, 0.3) is 10.9 Å². The minimum atomic E-state index is -0.208. The van der Waals surface area contributed by atoms with Crippen molar-refractivity contribution in [1.29, 1.82) is 0 Å². The van der Waals surface area contributed by atoms with Crippen molar-refractivity contribution in [3.8, 4) is 0 Å². The maximum Gasteiger partial charge on any atom is 0.225 e. The zero-order valence-corrected chi connectivity index (χ0v) is 15.5. The average molecular weight is 374 g/mol. The normalized spacial score (nSPS) is 21.0. The van der Waals surface area contributed by atoms with Crippen molar-refractivity contribution < 1.29 is 9.59 Å². The zero-order chi connectivity index (χ0) is 18.1. The second-order valence-electron chi connectivity index (χ2n) is 7.48. The molecule has 2 fully saturated rings. The number of H-pyrrole nitrogens is 1. The summed E-state index contributed by atoms with van der Waals surface area (Å²) >= 11 is 6.10. The smallest absolute Gasteiger partial charge is 0.225 e. The molecule has 2 aliphatic rings. The van der Waals surface area contributed by atoms with Crippen LogP contribution in [0.15, 0.2) is 24.4 Å². The molecule has 1 aromatic carbocycles. The molecule has 1 saturated heterocycles. The maximum atomic E-state index is 12.4. The summed E-state index contributed by atoms with van der Waals surface area (Å²) in [5.74, 6) is -0.0819. The Morgan fingerprint density at radius 1 is 1.31 bits per heavy atom. The number of nitrogens with one attached hydrogen (secondary N) is 2. The van der Waals surface area contributed by atoms with Gasteiger partial charge in [-0.1, -0.05) is 24.4 Å². The Kier molecular flexibility index (Phi) is 4.90. The third-order valence-electron chi connectivity index (χ3n) is 5.67. The predicted molar refractivity (Wildman–Crippen MR) is 102 cm³/mol. The summed E-state index contributed by atoms with van der Waals surface area (Å²) in [6.45, 7) is 1.16. The number of carbonyl (C=O) groups excluding carboxylic acids is 2. The van der Waals surface area contributed by atoms with Crippen LogP contribution in [0.2, 0.25) is 5.02 Å². The van der Waals surface area contributed by atoms with Crippen molar-refractivity contribution >= 4 is 34.3 Å². The van der Waals surface area contributed by atoms with E-state index in [1.807, 2.05) is 29.3 Å². The summed E-state index contributed by atoms with van der Waals surface area (Å²) in [6, 6.07) is 6.09. The van der Waals surface area contributed by atoms with Gasteiger partial charge in [0.2, 0.25) is 11.8 Å². The molecule has 0 radical (unpaired) electrons. The highest BCUT2D eigenvalue weighted by Crippen LogP contribution is 2.25. The van der Waals surface area contributed by atoms with E-state index in [9.17, 15) is 9.59 Å². The lowest BCUT2D eigenvalue weighted by atomic mass is 10.1. The SMILES string of the molecule is O=C(NC1CCCC1)[C@H]1CC(=O)N(CCc2c[nH]c3ccc(Cl)cc23)C1. The van der Waals surface area contributed by atoms with Crippen LogP contribution in [-0.2, 0) is 16.0 Å². The second kappa shape index (κ2) is 7.31. The molecule has 6 heteroatoms. The molecule has 1 aliphatic carbocycles. The number of likely N-dealkylation sites (tertiary alicyclic amines) is 1. The fourth-order valence-electron chi connectivity index (χ4n) is 4.17. The number of amides is 2. The Morgan fingerprint density at radius 3 is 2.92 bits per heavy atom. The van der Waals surface area contributed by atoms with Crippen molar-refractivity contribution in [2.24, 2.45) is 5.92 Å². The molecular weight excluding hydrogens is 350 g/mol. The Labute approximate surface area is 158 Å². The highest BCUT2D eigenvalue weighted by Gasteiger charge is 2.35. The molecule has 2 aromatic rings. The molecule has 5 nitrogen and oxygen atoms in total. The quantitative estimate of drug-likeness (QED) is 0.844. The fraction of sp³-hybridized carbons (Fsp3) is 0.500. The van der Waals surface area contributed by atoms with Gasteiger partial charge >= 0.3 is 0 Å². The molecule has 1 aromatic heterocycles. The first-order valence-corrected chi connectivity index (χ1v) is 9.81. The van der Waals surface area contributed by atoms with E-state index < -0.39 is 0 Å². The Hall–Kier alpha value is -2.01. The third kappa shape index (κ3) is 3.58. The molecule has 0 spiro atoms. The average Bonchev–Trinajstić information content (AvgIpc) is 3.33. The van der Waals surface area contributed by atoms with Gasteiger partial charge in [-0.25, -0.2) is 0 Å². The molecule has 1 atom stereocenters. The first-order chi connectivity index (χ1) is 12.6. The van der Waals surface area contributed by atoms with Gasteiger partial charge in [0, 0.05) is 47.7 Å². The van der Waals surface area contributed by atoms with Crippen LogP contribution < -0.4 is 5.32 Å². The zero-order valence-electron chi connectivity index (χ0n) is 14.8. The molecule has 1 aliphatic heterocycles. The minimum Gasteiger partial charge on any atom is -0.361 e. The van der Waals surface area contributed by atoms with Gasteiger partial charge < -0.3 is 15.2 Å². The summed E-state index contributed by atoms with van der Waals surface area (Å²) in [5.41, 5.74) is 2.19. The molecule has 2 amide bonds. The topological polar surface area (TPSA) is 65.2 Å². The number of nitrogens with zero attached hydrogens (tertiary/aromatic N) is 1. The molecule has 26 heavy (non-hydrogen) atoms. The molecule has 1 saturated carbocycles. The van der Waals surface area contributed by atoms with Crippen molar-refractivity contribution in [2.45, 2.75) is 44.6 Å². The van der Waals surface area contributed by atoms with Gasteiger partial charge in [-0.2, -0.15) is 0 Å². The maximum absolute atomic E-state index is 12.4. The molecule has 2 heterocycles. The summed E-state index contributed by atoms with van der Waals surface area (Å²) in [6.07, 6.45) is 7.58. The van der Waals surface area contributed by atoms with E-state index in [2.05, 4.69) is 10.3 Å². The van der Waals surface area contributed by atoms with Crippen molar-refractivity contribution in [3.63, 3.8) is 0 Å².